The van der Waals surface area contributed by atoms with Gasteiger partial charge in [-0.3, -0.25) is 4.79 Å². The van der Waals surface area contributed by atoms with E-state index in [4.69, 9.17) is 11.6 Å². The number of aromatic hydroxyl groups is 1. The van der Waals surface area contributed by atoms with Crippen LogP contribution in [0.5, 0.6) is 5.75 Å². The van der Waals surface area contributed by atoms with E-state index in [1.54, 1.807) is 0 Å². The summed E-state index contributed by atoms with van der Waals surface area (Å²) in [5.41, 5.74) is 1.50. The molecule has 0 spiro atoms. The Balaban J connectivity index is 1.58. The number of amides is 1. The molecule has 0 aromatic heterocycles. The highest BCUT2D eigenvalue weighted by Crippen LogP contribution is 2.27. The smallest absolute Gasteiger partial charge is 0.255 e. The minimum absolute atomic E-state index is 0.00137. The van der Waals surface area contributed by atoms with Crippen LogP contribution in [0.25, 0.3) is 0 Å². The fourth-order valence-corrected chi connectivity index (χ4v) is 4.29. The Morgan fingerprint density at radius 2 is 1.71 bits per heavy atom. The van der Waals surface area contributed by atoms with E-state index in [1.807, 2.05) is 30.3 Å². The first kappa shape index (κ1) is 22.8. The molecule has 0 saturated heterocycles. The molecule has 6 nitrogen and oxygen atoms in total. The first-order valence-corrected chi connectivity index (χ1v) is 11.6. The molecule has 0 unspecified atom stereocenters. The third-order valence-electron chi connectivity index (χ3n) is 4.64. The van der Waals surface area contributed by atoms with Crippen LogP contribution in [0.2, 0.25) is 5.02 Å². The van der Waals surface area contributed by atoms with Crippen molar-refractivity contribution in [3.8, 4) is 5.75 Å². The van der Waals surface area contributed by atoms with Crippen LogP contribution in [0.1, 0.15) is 28.8 Å². The Hall–Kier alpha value is -2.87. The van der Waals surface area contributed by atoms with Crippen molar-refractivity contribution in [2.24, 2.45) is 0 Å². The molecule has 3 aromatic carbocycles. The molecule has 8 heteroatoms. The monoisotopic (exact) mass is 458 g/mol. The van der Waals surface area contributed by atoms with E-state index in [0.29, 0.717) is 18.0 Å². The Morgan fingerprint density at radius 3 is 2.48 bits per heavy atom. The second-order valence-electron chi connectivity index (χ2n) is 6.98. The summed E-state index contributed by atoms with van der Waals surface area (Å²) in [5.74, 6) is -0.698. The molecule has 0 atom stereocenters. The summed E-state index contributed by atoms with van der Waals surface area (Å²) in [6.45, 7) is 0.308. The van der Waals surface area contributed by atoms with Crippen molar-refractivity contribution in [2.45, 2.75) is 24.2 Å². The Bertz CT molecular complexity index is 1150. The number of phenols is 1. The second-order valence-corrected chi connectivity index (χ2v) is 9.19. The van der Waals surface area contributed by atoms with E-state index in [1.165, 1.54) is 48.0 Å². The molecule has 0 radical (unpaired) electrons. The first-order valence-electron chi connectivity index (χ1n) is 9.79. The van der Waals surface area contributed by atoms with Crippen LogP contribution in [0, 0.1) is 0 Å². The van der Waals surface area contributed by atoms with Crippen LogP contribution in [-0.2, 0) is 16.4 Å². The van der Waals surface area contributed by atoms with E-state index in [9.17, 15) is 18.3 Å². The third-order valence-corrected chi connectivity index (χ3v) is 6.33. The lowest BCUT2D eigenvalue weighted by molar-refractivity contribution is 0.102. The van der Waals surface area contributed by atoms with Crippen molar-refractivity contribution >= 4 is 33.2 Å². The molecule has 0 fully saturated rings. The van der Waals surface area contributed by atoms with Crippen LogP contribution in [0.3, 0.4) is 0 Å². The fourth-order valence-electron chi connectivity index (χ4n) is 3.00. The molecular formula is C23H23ClN2O4S. The van der Waals surface area contributed by atoms with Gasteiger partial charge in [-0.2, -0.15) is 0 Å². The number of hydrogen-bond acceptors (Lipinski definition) is 4. The average molecular weight is 459 g/mol. The van der Waals surface area contributed by atoms with Crippen LogP contribution in [0.4, 0.5) is 5.69 Å². The lowest BCUT2D eigenvalue weighted by atomic mass is 10.1. The van der Waals surface area contributed by atoms with Gasteiger partial charge in [0.25, 0.3) is 5.91 Å². The van der Waals surface area contributed by atoms with E-state index >= 15 is 0 Å². The van der Waals surface area contributed by atoms with Crippen molar-refractivity contribution in [1.29, 1.82) is 0 Å². The highest BCUT2D eigenvalue weighted by Gasteiger charge is 2.16. The maximum Gasteiger partial charge on any atom is 0.255 e. The molecule has 0 bridgehead atoms. The molecule has 162 valence electrons. The molecule has 31 heavy (non-hydrogen) atoms. The number of halogens is 1. The standard InChI is InChI=1S/C23H23ClN2O4S/c24-19-12-13-22(27)21(16-19)26-23(28)18-10-6-11-20(15-18)31(29,30)25-14-5-4-9-17-7-2-1-3-8-17/h1-3,6-8,10-13,15-16,25,27H,4-5,9,14H2,(H,26,28). The number of rotatable bonds is 9. The molecule has 0 aliphatic heterocycles. The van der Waals surface area contributed by atoms with Gasteiger partial charge in [-0.15, -0.1) is 0 Å². The fraction of sp³-hybridized carbons (Fsp3) is 0.174. The zero-order valence-electron chi connectivity index (χ0n) is 16.7. The van der Waals surface area contributed by atoms with Gasteiger partial charge < -0.3 is 10.4 Å². The van der Waals surface area contributed by atoms with E-state index in [0.717, 1.165) is 12.8 Å². The number of carbonyl (C=O) groups excluding carboxylic acids is 1. The summed E-state index contributed by atoms with van der Waals surface area (Å²) >= 11 is 5.89. The van der Waals surface area contributed by atoms with Gasteiger partial charge in [0.1, 0.15) is 5.75 Å². The van der Waals surface area contributed by atoms with Gasteiger partial charge in [0.15, 0.2) is 0 Å². The number of carbonyl (C=O) groups is 1. The zero-order chi connectivity index (χ0) is 22.3. The summed E-state index contributed by atoms with van der Waals surface area (Å²) in [4.78, 5) is 12.5. The van der Waals surface area contributed by atoms with Crippen molar-refractivity contribution < 1.29 is 18.3 Å². The summed E-state index contributed by atoms with van der Waals surface area (Å²) in [5, 5.41) is 12.7. The van der Waals surface area contributed by atoms with E-state index < -0.39 is 15.9 Å². The van der Waals surface area contributed by atoms with Crippen molar-refractivity contribution in [3.63, 3.8) is 0 Å². The highest BCUT2D eigenvalue weighted by atomic mass is 35.5. The highest BCUT2D eigenvalue weighted by molar-refractivity contribution is 7.89. The first-order chi connectivity index (χ1) is 14.8. The van der Waals surface area contributed by atoms with Crippen molar-refractivity contribution in [2.75, 3.05) is 11.9 Å². The van der Waals surface area contributed by atoms with E-state index in [-0.39, 0.29) is 21.9 Å². The van der Waals surface area contributed by atoms with Crippen molar-refractivity contribution in [3.05, 3.63) is 88.9 Å². The van der Waals surface area contributed by atoms with Gasteiger partial charge in [-0.25, -0.2) is 13.1 Å². The number of sulfonamides is 1. The van der Waals surface area contributed by atoms with Crippen LogP contribution >= 0.6 is 11.6 Å². The van der Waals surface area contributed by atoms with Gasteiger partial charge in [0.05, 0.1) is 10.6 Å². The molecule has 0 saturated carbocycles. The molecule has 3 aromatic rings. The van der Waals surface area contributed by atoms with Gasteiger partial charge >= 0.3 is 0 Å². The number of nitrogens with one attached hydrogen (secondary N) is 2. The quantitative estimate of drug-likeness (QED) is 0.322. The zero-order valence-corrected chi connectivity index (χ0v) is 18.3. The Morgan fingerprint density at radius 1 is 0.935 bits per heavy atom. The van der Waals surface area contributed by atoms with Gasteiger partial charge in [-0.05, 0) is 61.2 Å². The largest absolute Gasteiger partial charge is 0.506 e. The van der Waals surface area contributed by atoms with Crippen LogP contribution < -0.4 is 10.0 Å². The minimum Gasteiger partial charge on any atom is -0.506 e. The minimum atomic E-state index is -3.75. The summed E-state index contributed by atoms with van der Waals surface area (Å²) in [6, 6.07) is 20.0. The number of aryl methyl sites for hydroxylation is 1. The summed E-state index contributed by atoms with van der Waals surface area (Å²) < 4.78 is 27.8. The molecule has 3 N–H and O–H groups in total. The Kier molecular flexibility index (Phi) is 7.68. The van der Waals surface area contributed by atoms with Crippen LogP contribution in [0.15, 0.2) is 77.7 Å². The van der Waals surface area contributed by atoms with Gasteiger partial charge in [-0.1, -0.05) is 48.0 Å². The van der Waals surface area contributed by atoms with Gasteiger partial charge in [0, 0.05) is 17.1 Å². The number of hydrogen-bond donors (Lipinski definition) is 3. The lowest BCUT2D eigenvalue weighted by Gasteiger charge is -2.10. The Labute approximate surface area is 186 Å². The number of phenolic OH excluding ortho intramolecular Hbond substituents is 1. The average Bonchev–Trinajstić information content (AvgIpc) is 2.77. The topological polar surface area (TPSA) is 95.5 Å². The second kappa shape index (κ2) is 10.4. The SMILES string of the molecule is O=C(Nc1cc(Cl)ccc1O)c1cccc(S(=O)(=O)NCCCCc2ccccc2)c1. The maximum atomic E-state index is 12.6. The van der Waals surface area contributed by atoms with Crippen molar-refractivity contribution in [1.82, 2.24) is 4.72 Å². The molecule has 3 rings (SSSR count). The molecule has 0 heterocycles. The maximum absolute atomic E-state index is 12.6. The molecule has 1 amide bonds. The predicted octanol–water partition coefficient (Wildman–Crippen LogP) is 4.60. The normalized spacial score (nSPS) is 11.3. The molecule has 0 aliphatic carbocycles. The number of unbranched alkanes of at least 4 members (excludes halogenated alkanes) is 1. The van der Waals surface area contributed by atoms with E-state index in [2.05, 4.69) is 10.0 Å². The summed E-state index contributed by atoms with van der Waals surface area (Å²) in [6.07, 6.45) is 2.44. The number of benzene rings is 3. The summed E-state index contributed by atoms with van der Waals surface area (Å²) in [7, 11) is -3.75. The number of anilines is 1. The predicted molar refractivity (Wildman–Crippen MR) is 122 cm³/mol. The molecular weight excluding hydrogens is 436 g/mol. The molecule has 0 aliphatic rings. The third kappa shape index (κ3) is 6.55. The van der Waals surface area contributed by atoms with Crippen LogP contribution in [-0.4, -0.2) is 26.0 Å². The lowest BCUT2D eigenvalue weighted by Crippen LogP contribution is -2.25. The van der Waals surface area contributed by atoms with Gasteiger partial charge in [0.2, 0.25) is 10.0 Å².